The Balaban J connectivity index is 1.14. The predicted octanol–water partition coefficient (Wildman–Crippen LogP) is 9.75. The van der Waals surface area contributed by atoms with E-state index in [2.05, 4.69) is 11.9 Å². The smallest absolute Gasteiger partial charge is 0.341 e. The quantitative estimate of drug-likeness (QED) is 0.0593. The molecule has 9 heteroatoms. The molecular weight excluding hydrogens is 607 g/mol. The first-order valence-corrected chi connectivity index (χ1v) is 19.8. The molecule has 1 aliphatic rings. The minimum Gasteiger partial charge on any atom is -0.464 e. The summed E-state index contributed by atoms with van der Waals surface area (Å²) in [6, 6.07) is 6.73. The lowest BCUT2D eigenvalue weighted by atomic mass is 9.97. The van der Waals surface area contributed by atoms with Crippen molar-refractivity contribution in [3.05, 3.63) is 40.9 Å². The van der Waals surface area contributed by atoms with Crippen LogP contribution in [0.2, 0.25) is 0 Å². The molecule has 0 saturated carbocycles. The lowest BCUT2D eigenvalue weighted by Crippen LogP contribution is -2.22. The Kier molecular flexibility index (Phi) is 18.1. The summed E-state index contributed by atoms with van der Waals surface area (Å²) in [6.45, 7) is 5.08. The second-order valence-corrected chi connectivity index (χ2v) is 15.3. The molecule has 3 rings (SSSR count). The molecule has 2 unspecified atom stereocenters. The number of carbonyl (C=O) groups excluding carboxylic acids is 1. The van der Waals surface area contributed by atoms with Crippen LogP contribution in [0.15, 0.2) is 35.4 Å². The van der Waals surface area contributed by atoms with Crippen molar-refractivity contribution < 1.29 is 26.9 Å². The minimum absolute atomic E-state index is 0.126. The molecule has 7 nitrogen and oxygen atoms in total. The number of carbonyl (C=O) groups is 1. The molecule has 2 aromatic rings. The third kappa shape index (κ3) is 15.0. The Bertz CT molecular complexity index is 1200. The Morgan fingerprint density at radius 3 is 2.18 bits per heavy atom. The molecule has 0 amide bonds. The average Bonchev–Trinajstić information content (AvgIpc) is 3.68. The maximum absolute atomic E-state index is 12.6. The highest BCUT2D eigenvalue weighted by atomic mass is 32.2. The van der Waals surface area contributed by atoms with E-state index in [0.29, 0.717) is 24.7 Å². The van der Waals surface area contributed by atoms with Crippen LogP contribution in [-0.4, -0.2) is 38.7 Å². The first-order valence-electron chi connectivity index (χ1n) is 17.6. The lowest BCUT2D eigenvalue weighted by molar-refractivity contribution is -0.154. The zero-order chi connectivity index (χ0) is 32.2. The molecule has 1 aromatic heterocycles. The number of rotatable bonds is 25. The second kappa shape index (κ2) is 21.8. The van der Waals surface area contributed by atoms with Gasteiger partial charge in [-0.2, -0.15) is 8.42 Å². The third-order valence-electron chi connectivity index (χ3n) is 8.70. The number of aryl methyl sites for hydroxylation is 2. The second-order valence-electron chi connectivity index (χ2n) is 12.7. The molecule has 1 aliphatic heterocycles. The first-order chi connectivity index (χ1) is 21.9. The Labute approximate surface area is 277 Å². The molecule has 1 saturated heterocycles. The van der Waals surface area contributed by atoms with Gasteiger partial charge in [0.15, 0.2) is 6.10 Å². The van der Waals surface area contributed by atoms with E-state index in [1.165, 1.54) is 107 Å². The van der Waals surface area contributed by atoms with Crippen molar-refractivity contribution in [1.29, 1.82) is 0 Å². The van der Waals surface area contributed by atoms with E-state index in [-0.39, 0.29) is 16.1 Å². The summed E-state index contributed by atoms with van der Waals surface area (Å²) in [7, 11) is -3.91. The molecule has 0 bridgehead atoms. The number of benzene rings is 1. The summed E-state index contributed by atoms with van der Waals surface area (Å²) >= 11 is 1.25. The molecular formula is C36H57NO6S2. The van der Waals surface area contributed by atoms with Gasteiger partial charge in [-0.15, -0.1) is 0 Å². The van der Waals surface area contributed by atoms with Gasteiger partial charge in [-0.3, -0.25) is 0 Å². The fourth-order valence-electron chi connectivity index (χ4n) is 5.95. The monoisotopic (exact) mass is 663 g/mol. The van der Waals surface area contributed by atoms with Gasteiger partial charge in [-0.1, -0.05) is 126 Å². The SMILES string of the molecule is CCCCCCCCCCCCCCCCC1COC(C(=O)OCCCCCc2cnc(OS(=O)(=O)c3ccccc3C)s2)C1. The average molecular weight is 664 g/mol. The molecule has 0 N–H and O–H groups in total. The summed E-state index contributed by atoms with van der Waals surface area (Å²) in [6.07, 6.45) is 25.7. The Morgan fingerprint density at radius 1 is 0.889 bits per heavy atom. The van der Waals surface area contributed by atoms with Crippen LogP contribution in [0, 0.1) is 12.8 Å². The number of esters is 1. The number of thiazole rings is 1. The molecule has 1 fully saturated rings. The highest BCUT2D eigenvalue weighted by Gasteiger charge is 2.31. The number of aromatic nitrogens is 1. The maximum Gasteiger partial charge on any atom is 0.341 e. The van der Waals surface area contributed by atoms with Crippen molar-refractivity contribution in [3.63, 3.8) is 0 Å². The van der Waals surface area contributed by atoms with E-state index in [4.69, 9.17) is 13.7 Å². The van der Waals surface area contributed by atoms with Crippen molar-refractivity contribution >= 4 is 27.4 Å². The van der Waals surface area contributed by atoms with E-state index in [1.807, 2.05) is 0 Å². The van der Waals surface area contributed by atoms with Gasteiger partial charge in [0.05, 0.1) is 13.2 Å². The summed E-state index contributed by atoms with van der Waals surface area (Å²) in [5.41, 5.74) is 0.634. The molecule has 0 radical (unpaired) electrons. The van der Waals surface area contributed by atoms with Crippen molar-refractivity contribution in [2.24, 2.45) is 5.92 Å². The normalized spacial score (nSPS) is 16.7. The lowest BCUT2D eigenvalue weighted by Gasteiger charge is -2.10. The van der Waals surface area contributed by atoms with Crippen LogP contribution in [-0.2, 0) is 30.8 Å². The molecule has 1 aromatic carbocycles. The number of hydrogen-bond acceptors (Lipinski definition) is 8. The zero-order valence-electron chi connectivity index (χ0n) is 27.8. The van der Waals surface area contributed by atoms with Crippen LogP contribution in [0.3, 0.4) is 0 Å². The van der Waals surface area contributed by atoms with Crippen LogP contribution >= 0.6 is 11.3 Å². The van der Waals surface area contributed by atoms with Crippen LogP contribution in [0.5, 0.6) is 5.19 Å². The van der Waals surface area contributed by atoms with Crippen LogP contribution < -0.4 is 4.18 Å². The predicted molar refractivity (Wildman–Crippen MR) is 182 cm³/mol. The standard InChI is InChI=1S/C36H57NO6S2/c1-3-4-5-6-7-8-9-10-11-12-13-14-15-17-23-31-27-33(42-29-31)35(38)41-26-21-16-18-24-32-28-37-36(44-32)43-45(39,40)34-25-20-19-22-30(34)2/h19-20,22,25,28,31,33H,3-18,21,23-24,26-27,29H2,1-2H3. The van der Waals surface area contributed by atoms with E-state index < -0.39 is 16.2 Å². The van der Waals surface area contributed by atoms with Crippen molar-refractivity contribution in [1.82, 2.24) is 4.98 Å². The molecule has 254 valence electrons. The molecule has 2 atom stereocenters. The number of ether oxygens (including phenoxy) is 2. The maximum atomic E-state index is 12.6. The number of unbranched alkanes of at least 4 members (excludes halogenated alkanes) is 15. The largest absolute Gasteiger partial charge is 0.464 e. The van der Waals surface area contributed by atoms with Gasteiger partial charge in [0.25, 0.3) is 5.19 Å². The Morgan fingerprint density at radius 2 is 1.51 bits per heavy atom. The summed E-state index contributed by atoms with van der Waals surface area (Å²) in [4.78, 5) is 17.7. The van der Waals surface area contributed by atoms with Gasteiger partial charge >= 0.3 is 16.1 Å². The van der Waals surface area contributed by atoms with Crippen molar-refractivity contribution in [2.75, 3.05) is 13.2 Å². The summed E-state index contributed by atoms with van der Waals surface area (Å²) in [5.74, 6) is 0.248. The van der Waals surface area contributed by atoms with Crippen molar-refractivity contribution in [2.45, 2.75) is 153 Å². The van der Waals surface area contributed by atoms with E-state index in [1.54, 1.807) is 31.3 Å². The van der Waals surface area contributed by atoms with E-state index >= 15 is 0 Å². The van der Waals surface area contributed by atoms with Gasteiger partial charge < -0.3 is 13.7 Å². The van der Waals surface area contributed by atoms with Crippen LogP contribution in [0.1, 0.15) is 139 Å². The van der Waals surface area contributed by atoms with Crippen LogP contribution in [0.25, 0.3) is 0 Å². The topological polar surface area (TPSA) is 91.8 Å². The van der Waals surface area contributed by atoms with Gasteiger partial charge in [-0.25, -0.2) is 9.78 Å². The number of hydrogen-bond donors (Lipinski definition) is 0. The van der Waals surface area contributed by atoms with E-state index in [0.717, 1.165) is 43.4 Å². The fourth-order valence-corrected chi connectivity index (χ4v) is 8.06. The highest BCUT2D eigenvalue weighted by Crippen LogP contribution is 2.28. The van der Waals surface area contributed by atoms with Crippen molar-refractivity contribution in [3.8, 4) is 5.19 Å². The molecule has 2 heterocycles. The minimum atomic E-state index is -3.91. The number of nitrogens with zero attached hydrogens (tertiary/aromatic N) is 1. The molecule has 0 spiro atoms. The summed E-state index contributed by atoms with van der Waals surface area (Å²) < 4.78 is 41.7. The Hall–Kier alpha value is -1.97. The van der Waals surface area contributed by atoms with Gasteiger partial charge in [0.2, 0.25) is 0 Å². The summed E-state index contributed by atoms with van der Waals surface area (Å²) in [5, 5.41) is 0.126. The third-order valence-corrected chi connectivity index (χ3v) is 11.1. The molecule has 45 heavy (non-hydrogen) atoms. The van der Waals surface area contributed by atoms with E-state index in [9.17, 15) is 13.2 Å². The fraction of sp³-hybridized carbons (Fsp3) is 0.722. The highest BCUT2D eigenvalue weighted by molar-refractivity contribution is 7.87. The molecule has 0 aliphatic carbocycles. The van der Waals surface area contributed by atoms with Crippen LogP contribution in [0.4, 0.5) is 0 Å². The first kappa shape index (κ1) is 37.5. The van der Waals surface area contributed by atoms with Gasteiger partial charge in [0.1, 0.15) is 4.90 Å². The zero-order valence-corrected chi connectivity index (χ0v) is 29.4. The van der Waals surface area contributed by atoms with Gasteiger partial charge in [-0.05, 0) is 63.0 Å². The van der Waals surface area contributed by atoms with Gasteiger partial charge in [0, 0.05) is 11.1 Å².